The van der Waals surface area contributed by atoms with Crippen LogP contribution in [0.2, 0.25) is 0 Å². The van der Waals surface area contributed by atoms with Crippen LogP contribution >= 0.6 is 0 Å². The van der Waals surface area contributed by atoms with Crippen molar-refractivity contribution in [3.05, 3.63) is 0 Å². The van der Waals surface area contributed by atoms with Crippen molar-refractivity contribution >= 4 is 5.91 Å². The summed E-state index contributed by atoms with van der Waals surface area (Å²) in [6.45, 7) is 10.9. The van der Waals surface area contributed by atoms with Gasteiger partial charge >= 0.3 is 0 Å². The summed E-state index contributed by atoms with van der Waals surface area (Å²) in [5.74, 6) is 0.825. The first-order chi connectivity index (χ1) is 8.58. The van der Waals surface area contributed by atoms with E-state index in [1.165, 1.54) is 0 Å². The van der Waals surface area contributed by atoms with Gasteiger partial charge in [-0.05, 0) is 12.8 Å². The van der Waals surface area contributed by atoms with Crippen molar-refractivity contribution in [2.75, 3.05) is 39.9 Å². The van der Waals surface area contributed by atoms with Gasteiger partial charge in [0.1, 0.15) is 0 Å². The van der Waals surface area contributed by atoms with Crippen LogP contribution in [0.5, 0.6) is 0 Å². The normalized spacial score (nSPS) is 20.8. The highest BCUT2D eigenvalue weighted by molar-refractivity contribution is 5.76. The van der Waals surface area contributed by atoms with Crippen LogP contribution in [-0.4, -0.2) is 61.6 Å². The number of hydrogen-bond donors (Lipinski definition) is 0. The van der Waals surface area contributed by atoms with Gasteiger partial charge in [-0.3, -0.25) is 9.69 Å². The van der Waals surface area contributed by atoms with E-state index >= 15 is 0 Å². The fourth-order valence-corrected chi connectivity index (χ4v) is 2.33. The number of carbonyl (C=O) groups is 1. The molecule has 0 spiro atoms. The van der Waals surface area contributed by atoms with E-state index in [-0.39, 0.29) is 0 Å². The molecule has 2 unspecified atom stereocenters. The number of ether oxygens (including phenoxy) is 1. The number of carbonyl (C=O) groups excluding carboxylic acids is 1. The maximum Gasteiger partial charge on any atom is 0.222 e. The molecule has 0 N–H and O–H groups in total. The molecule has 0 aliphatic carbocycles. The average molecular weight is 256 g/mol. The Morgan fingerprint density at radius 2 is 1.83 bits per heavy atom. The van der Waals surface area contributed by atoms with Crippen LogP contribution < -0.4 is 0 Å². The second-order valence-corrected chi connectivity index (χ2v) is 5.44. The second kappa shape index (κ2) is 7.74. The molecule has 1 aliphatic heterocycles. The Kier molecular flexibility index (Phi) is 6.65. The molecule has 0 bridgehead atoms. The summed E-state index contributed by atoms with van der Waals surface area (Å²) in [6, 6.07) is 0.446. The molecule has 1 aliphatic rings. The third kappa shape index (κ3) is 4.58. The Labute approximate surface area is 111 Å². The number of hydrogen-bond acceptors (Lipinski definition) is 3. The number of rotatable bonds is 6. The van der Waals surface area contributed by atoms with E-state index in [0.717, 1.165) is 39.2 Å². The Balaban J connectivity index is 2.32. The summed E-state index contributed by atoms with van der Waals surface area (Å²) in [5, 5.41) is 0. The van der Waals surface area contributed by atoms with Crippen LogP contribution in [0.3, 0.4) is 0 Å². The first-order valence-corrected chi connectivity index (χ1v) is 7.09. The molecule has 4 nitrogen and oxygen atoms in total. The van der Waals surface area contributed by atoms with Gasteiger partial charge in [0, 0.05) is 45.8 Å². The lowest BCUT2D eigenvalue weighted by atomic mass is 10.0. The van der Waals surface area contributed by atoms with Crippen molar-refractivity contribution in [2.24, 2.45) is 5.92 Å². The smallest absolute Gasteiger partial charge is 0.222 e. The van der Waals surface area contributed by atoms with E-state index in [2.05, 4.69) is 25.7 Å². The Bertz CT molecular complexity index is 250. The zero-order chi connectivity index (χ0) is 13.5. The van der Waals surface area contributed by atoms with Gasteiger partial charge in [0.25, 0.3) is 0 Å². The zero-order valence-electron chi connectivity index (χ0n) is 12.3. The molecule has 0 aromatic rings. The summed E-state index contributed by atoms with van der Waals surface area (Å²) in [4.78, 5) is 16.5. The summed E-state index contributed by atoms with van der Waals surface area (Å²) < 4.78 is 5.18. The minimum Gasteiger partial charge on any atom is -0.383 e. The molecule has 1 heterocycles. The van der Waals surface area contributed by atoms with Crippen molar-refractivity contribution in [3.8, 4) is 0 Å². The number of amides is 1. The molecule has 0 radical (unpaired) electrons. The minimum atomic E-state index is 0.323. The maximum atomic E-state index is 12.1. The number of piperazine rings is 1. The Morgan fingerprint density at radius 3 is 2.33 bits per heavy atom. The van der Waals surface area contributed by atoms with Crippen molar-refractivity contribution < 1.29 is 9.53 Å². The molecule has 106 valence electrons. The van der Waals surface area contributed by atoms with Gasteiger partial charge in [-0.25, -0.2) is 0 Å². The Morgan fingerprint density at radius 1 is 1.22 bits per heavy atom. The van der Waals surface area contributed by atoms with Crippen LogP contribution in [0, 0.1) is 5.92 Å². The molecule has 18 heavy (non-hydrogen) atoms. The van der Waals surface area contributed by atoms with Crippen LogP contribution in [0.25, 0.3) is 0 Å². The first-order valence-electron chi connectivity index (χ1n) is 7.09. The van der Waals surface area contributed by atoms with Gasteiger partial charge in [0.15, 0.2) is 0 Å². The van der Waals surface area contributed by atoms with Crippen molar-refractivity contribution in [1.82, 2.24) is 9.80 Å². The molecule has 0 saturated carbocycles. The van der Waals surface area contributed by atoms with E-state index < -0.39 is 0 Å². The first kappa shape index (κ1) is 15.4. The zero-order valence-corrected chi connectivity index (χ0v) is 12.3. The molecular weight excluding hydrogens is 228 g/mol. The number of methoxy groups -OCH3 is 1. The minimum absolute atomic E-state index is 0.323. The Hall–Kier alpha value is -0.610. The van der Waals surface area contributed by atoms with Gasteiger partial charge in [0.05, 0.1) is 6.61 Å². The lowest BCUT2D eigenvalue weighted by molar-refractivity contribution is -0.134. The van der Waals surface area contributed by atoms with Gasteiger partial charge in [0.2, 0.25) is 5.91 Å². The molecular formula is C14H28N2O2. The quantitative estimate of drug-likeness (QED) is 0.723. The summed E-state index contributed by atoms with van der Waals surface area (Å²) in [6.07, 6.45) is 1.78. The summed E-state index contributed by atoms with van der Waals surface area (Å²) >= 11 is 0. The molecule has 1 saturated heterocycles. The van der Waals surface area contributed by atoms with Gasteiger partial charge < -0.3 is 9.64 Å². The van der Waals surface area contributed by atoms with Gasteiger partial charge in [-0.2, -0.15) is 0 Å². The van der Waals surface area contributed by atoms with Crippen LogP contribution in [-0.2, 0) is 9.53 Å². The van der Waals surface area contributed by atoms with Crippen molar-refractivity contribution in [2.45, 2.75) is 39.7 Å². The topological polar surface area (TPSA) is 32.8 Å². The highest BCUT2D eigenvalue weighted by atomic mass is 16.5. The van der Waals surface area contributed by atoms with Crippen LogP contribution in [0.15, 0.2) is 0 Å². The monoisotopic (exact) mass is 256 g/mol. The standard InChI is InChI=1S/C14H28N2O2/c1-5-12(2)10-14(17)16-8-6-15(7-9-16)13(3)11-18-4/h12-13H,5-11H2,1-4H3. The predicted molar refractivity (Wildman–Crippen MR) is 73.6 cm³/mol. The summed E-state index contributed by atoms with van der Waals surface area (Å²) in [5.41, 5.74) is 0. The third-order valence-electron chi connectivity index (χ3n) is 3.92. The predicted octanol–water partition coefficient (Wildman–Crippen LogP) is 1.60. The largest absolute Gasteiger partial charge is 0.383 e. The van der Waals surface area contributed by atoms with Crippen LogP contribution in [0.4, 0.5) is 0 Å². The highest BCUT2D eigenvalue weighted by Crippen LogP contribution is 2.12. The third-order valence-corrected chi connectivity index (χ3v) is 3.92. The molecule has 2 atom stereocenters. The van der Waals surface area contributed by atoms with Crippen molar-refractivity contribution in [3.63, 3.8) is 0 Å². The van der Waals surface area contributed by atoms with E-state index in [1.807, 2.05) is 4.90 Å². The maximum absolute atomic E-state index is 12.1. The van der Waals surface area contributed by atoms with Gasteiger partial charge in [-0.1, -0.05) is 20.3 Å². The fraction of sp³-hybridized carbons (Fsp3) is 0.929. The lowest BCUT2D eigenvalue weighted by Crippen LogP contribution is -2.52. The van der Waals surface area contributed by atoms with Gasteiger partial charge in [-0.15, -0.1) is 0 Å². The average Bonchev–Trinajstić information content (AvgIpc) is 2.39. The second-order valence-electron chi connectivity index (χ2n) is 5.44. The number of nitrogens with zero attached hydrogens (tertiary/aromatic N) is 2. The molecule has 1 amide bonds. The van der Waals surface area contributed by atoms with Crippen LogP contribution in [0.1, 0.15) is 33.6 Å². The van der Waals surface area contributed by atoms with Crippen molar-refractivity contribution in [1.29, 1.82) is 0 Å². The van der Waals surface area contributed by atoms with E-state index in [4.69, 9.17) is 4.74 Å². The summed E-state index contributed by atoms with van der Waals surface area (Å²) in [7, 11) is 1.74. The fourth-order valence-electron chi connectivity index (χ4n) is 2.33. The van der Waals surface area contributed by atoms with E-state index in [9.17, 15) is 4.79 Å². The van der Waals surface area contributed by atoms with E-state index in [1.54, 1.807) is 7.11 Å². The molecule has 1 rings (SSSR count). The van der Waals surface area contributed by atoms with E-state index in [0.29, 0.717) is 24.3 Å². The molecule has 0 aromatic heterocycles. The molecule has 0 aromatic carbocycles. The lowest BCUT2D eigenvalue weighted by Gasteiger charge is -2.38. The molecule has 4 heteroatoms. The molecule has 1 fully saturated rings. The SMILES string of the molecule is CCC(C)CC(=O)N1CCN(C(C)COC)CC1. The highest BCUT2D eigenvalue weighted by Gasteiger charge is 2.24.